The van der Waals surface area contributed by atoms with Crippen molar-refractivity contribution in [1.82, 2.24) is 4.98 Å². The van der Waals surface area contributed by atoms with Gasteiger partial charge in [0.25, 0.3) is 0 Å². The van der Waals surface area contributed by atoms with Crippen molar-refractivity contribution >= 4 is 32.8 Å². The van der Waals surface area contributed by atoms with Gasteiger partial charge in [0.1, 0.15) is 0 Å². The summed E-state index contributed by atoms with van der Waals surface area (Å²) < 4.78 is 0.845. The van der Waals surface area contributed by atoms with E-state index in [1.807, 2.05) is 18.2 Å². The number of aromatic amines is 1. The Morgan fingerprint density at radius 1 is 1.46 bits per heavy atom. The fraction of sp³-hybridized carbons (Fsp3) is 0. The summed E-state index contributed by atoms with van der Waals surface area (Å²) in [6.45, 7) is 0. The maximum atomic E-state index is 10.5. The number of carboxylic acids is 1. The monoisotopic (exact) mass is 238 g/mol. The molecule has 0 unspecified atom stereocenters. The van der Waals surface area contributed by atoms with Crippen molar-refractivity contribution in [1.29, 1.82) is 0 Å². The van der Waals surface area contributed by atoms with Crippen LogP contribution in [0.2, 0.25) is 0 Å². The zero-order valence-electron chi connectivity index (χ0n) is 6.50. The molecule has 1 heterocycles. The molecule has 0 saturated heterocycles. The number of carbonyl (C=O) groups excluding carboxylic acids is 1. The molecule has 1 aromatic heterocycles. The summed E-state index contributed by atoms with van der Waals surface area (Å²) in [4.78, 5) is 13.3. The summed E-state index contributed by atoms with van der Waals surface area (Å²) in [6, 6.07) is 7.08. The summed E-state index contributed by atoms with van der Waals surface area (Å²) in [5, 5.41) is 11.4. The number of para-hydroxylation sites is 1. The van der Waals surface area contributed by atoms with Gasteiger partial charge in [0.2, 0.25) is 0 Å². The van der Waals surface area contributed by atoms with Crippen LogP contribution in [-0.4, -0.2) is 11.0 Å². The lowest BCUT2D eigenvalue weighted by Gasteiger charge is -1.94. The van der Waals surface area contributed by atoms with Crippen LogP contribution in [0.3, 0.4) is 0 Å². The third-order valence-electron chi connectivity index (χ3n) is 1.83. The Hall–Kier alpha value is -1.29. The highest BCUT2D eigenvalue weighted by molar-refractivity contribution is 9.10. The van der Waals surface area contributed by atoms with Crippen LogP contribution in [0.5, 0.6) is 0 Å². The first-order valence-electron chi connectivity index (χ1n) is 3.67. The van der Waals surface area contributed by atoms with Gasteiger partial charge in [-0.05, 0) is 28.1 Å². The van der Waals surface area contributed by atoms with Gasteiger partial charge in [-0.2, -0.15) is 0 Å². The summed E-state index contributed by atoms with van der Waals surface area (Å²) in [7, 11) is 0. The molecule has 4 heteroatoms. The number of carboxylic acid groups (broad SMARTS) is 1. The molecule has 0 aliphatic rings. The fourth-order valence-corrected chi connectivity index (χ4v) is 1.71. The smallest absolute Gasteiger partial charge is 0.0878 e. The molecule has 0 radical (unpaired) electrons. The zero-order chi connectivity index (χ0) is 9.42. The lowest BCUT2D eigenvalue weighted by Crippen LogP contribution is -2.22. The second-order valence-electron chi connectivity index (χ2n) is 2.67. The summed E-state index contributed by atoms with van der Waals surface area (Å²) in [5.41, 5.74) is 0.878. The van der Waals surface area contributed by atoms with Gasteiger partial charge in [-0.3, -0.25) is 0 Å². The van der Waals surface area contributed by atoms with Gasteiger partial charge < -0.3 is 14.9 Å². The largest absolute Gasteiger partial charge is 0.543 e. The number of rotatable bonds is 1. The number of H-pyrrole nitrogens is 1. The van der Waals surface area contributed by atoms with Crippen molar-refractivity contribution in [3.63, 3.8) is 0 Å². The molecule has 1 aromatic carbocycles. The average molecular weight is 239 g/mol. The summed E-state index contributed by atoms with van der Waals surface area (Å²) in [6.07, 6.45) is 0. The lowest BCUT2D eigenvalue weighted by molar-refractivity contribution is -0.255. The highest BCUT2D eigenvalue weighted by Crippen LogP contribution is 2.23. The van der Waals surface area contributed by atoms with E-state index in [-0.39, 0.29) is 5.69 Å². The minimum Gasteiger partial charge on any atom is -0.543 e. The van der Waals surface area contributed by atoms with E-state index in [9.17, 15) is 9.90 Å². The first kappa shape index (κ1) is 8.31. The van der Waals surface area contributed by atoms with Crippen molar-refractivity contribution in [3.05, 3.63) is 34.4 Å². The Bertz CT molecular complexity index is 475. The molecule has 2 rings (SSSR count). The third-order valence-corrected chi connectivity index (χ3v) is 2.49. The molecule has 0 spiro atoms. The molecule has 0 aliphatic heterocycles. The molecule has 3 nitrogen and oxygen atoms in total. The lowest BCUT2D eigenvalue weighted by atomic mass is 10.2. The summed E-state index contributed by atoms with van der Waals surface area (Å²) in [5.74, 6) is -1.19. The normalized spacial score (nSPS) is 10.5. The van der Waals surface area contributed by atoms with E-state index in [1.165, 1.54) is 0 Å². The van der Waals surface area contributed by atoms with E-state index in [4.69, 9.17) is 0 Å². The molecule has 0 atom stereocenters. The van der Waals surface area contributed by atoms with E-state index >= 15 is 0 Å². The molecular formula is C9H5BrNO2-. The molecule has 0 amide bonds. The second-order valence-corrected chi connectivity index (χ2v) is 3.53. The summed E-state index contributed by atoms with van der Waals surface area (Å²) >= 11 is 3.31. The van der Waals surface area contributed by atoms with Crippen LogP contribution in [0.15, 0.2) is 28.7 Å². The SMILES string of the molecule is O=C([O-])c1cc2cccc(Br)c2[nH]1. The number of carbonyl (C=O) groups is 1. The molecule has 13 heavy (non-hydrogen) atoms. The van der Waals surface area contributed by atoms with Crippen LogP contribution < -0.4 is 5.11 Å². The quantitative estimate of drug-likeness (QED) is 0.815. The highest BCUT2D eigenvalue weighted by Gasteiger charge is 2.03. The Morgan fingerprint density at radius 3 is 2.85 bits per heavy atom. The maximum Gasteiger partial charge on any atom is 0.0878 e. The Morgan fingerprint density at radius 2 is 2.23 bits per heavy atom. The van der Waals surface area contributed by atoms with Gasteiger partial charge in [-0.25, -0.2) is 0 Å². The topological polar surface area (TPSA) is 55.9 Å². The average Bonchev–Trinajstić information content (AvgIpc) is 2.49. The highest BCUT2D eigenvalue weighted by atomic mass is 79.9. The standard InChI is InChI=1S/C9H6BrNO2/c10-6-3-1-2-5-4-7(9(12)13)11-8(5)6/h1-4,11H,(H,12,13)/p-1. The maximum absolute atomic E-state index is 10.5. The van der Waals surface area contributed by atoms with Crippen LogP contribution in [0.25, 0.3) is 10.9 Å². The predicted molar refractivity (Wildman–Crippen MR) is 50.3 cm³/mol. The molecule has 1 N–H and O–H groups in total. The Labute approximate surface area is 82.5 Å². The molecule has 0 fully saturated rings. The van der Waals surface area contributed by atoms with E-state index in [0.717, 1.165) is 15.4 Å². The molecular weight excluding hydrogens is 234 g/mol. The van der Waals surface area contributed by atoms with Gasteiger partial charge in [0.15, 0.2) is 0 Å². The van der Waals surface area contributed by atoms with Gasteiger partial charge in [0, 0.05) is 9.86 Å². The van der Waals surface area contributed by atoms with Crippen molar-refractivity contribution in [2.24, 2.45) is 0 Å². The van der Waals surface area contributed by atoms with Crippen molar-refractivity contribution < 1.29 is 9.90 Å². The predicted octanol–water partition coefficient (Wildman–Crippen LogP) is 1.29. The van der Waals surface area contributed by atoms with Crippen molar-refractivity contribution in [3.8, 4) is 0 Å². The van der Waals surface area contributed by atoms with Crippen LogP contribution in [0.1, 0.15) is 10.5 Å². The molecule has 0 aliphatic carbocycles. The van der Waals surface area contributed by atoms with Crippen LogP contribution >= 0.6 is 15.9 Å². The van der Waals surface area contributed by atoms with Crippen LogP contribution in [-0.2, 0) is 0 Å². The van der Waals surface area contributed by atoms with Gasteiger partial charge in [-0.1, -0.05) is 12.1 Å². The molecule has 0 saturated carbocycles. The third kappa shape index (κ3) is 1.33. The fourth-order valence-electron chi connectivity index (χ4n) is 1.23. The number of hydrogen-bond acceptors (Lipinski definition) is 2. The van der Waals surface area contributed by atoms with Gasteiger partial charge in [0.05, 0.1) is 17.2 Å². The Balaban J connectivity index is 2.75. The first-order valence-corrected chi connectivity index (χ1v) is 4.46. The molecule has 0 bridgehead atoms. The van der Waals surface area contributed by atoms with E-state index in [2.05, 4.69) is 20.9 Å². The van der Waals surface area contributed by atoms with E-state index in [0.29, 0.717) is 0 Å². The number of halogens is 1. The number of nitrogens with one attached hydrogen (secondary N) is 1. The Kier molecular flexibility index (Phi) is 1.84. The minimum atomic E-state index is -1.19. The van der Waals surface area contributed by atoms with E-state index in [1.54, 1.807) is 6.07 Å². The number of aromatic carboxylic acids is 1. The zero-order valence-corrected chi connectivity index (χ0v) is 8.09. The van der Waals surface area contributed by atoms with Crippen LogP contribution in [0, 0.1) is 0 Å². The van der Waals surface area contributed by atoms with Gasteiger partial charge in [-0.15, -0.1) is 0 Å². The molecule has 2 aromatic rings. The minimum absolute atomic E-state index is 0.0990. The second kappa shape index (κ2) is 2.88. The van der Waals surface area contributed by atoms with Crippen molar-refractivity contribution in [2.45, 2.75) is 0 Å². The van der Waals surface area contributed by atoms with Crippen molar-refractivity contribution in [2.75, 3.05) is 0 Å². The molecule has 66 valence electrons. The number of fused-ring (bicyclic) bond motifs is 1. The van der Waals surface area contributed by atoms with Gasteiger partial charge >= 0.3 is 0 Å². The number of hydrogen-bond donors (Lipinski definition) is 1. The first-order chi connectivity index (χ1) is 6.18. The van der Waals surface area contributed by atoms with E-state index < -0.39 is 5.97 Å². The van der Waals surface area contributed by atoms with Crippen LogP contribution in [0.4, 0.5) is 0 Å². The number of aromatic nitrogens is 1. The number of benzene rings is 1.